The van der Waals surface area contributed by atoms with E-state index in [4.69, 9.17) is 9.47 Å². The van der Waals surface area contributed by atoms with Crippen LogP contribution in [0.3, 0.4) is 0 Å². The zero-order valence-electron chi connectivity index (χ0n) is 9.05. The molecule has 0 aromatic heterocycles. The fourth-order valence-corrected chi connectivity index (χ4v) is 2.24. The Morgan fingerprint density at radius 1 is 1.47 bits per heavy atom. The van der Waals surface area contributed by atoms with Crippen LogP contribution in [-0.2, 0) is 14.3 Å². The van der Waals surface area contributed by atoms with E-state index in [1.165, 1.54) is 6.42 Å². The third-order valence-corrected chi connectivity index (χ3v) is 3.71. The van der Waals surface area contributed by atoms with E-state index in [0.717, 1.165) is 18.2 Å². The van der Waals surface area contributed by atoms with Crippen LogP contribution in [0.15, 0.2) is 0 Å². The molecule has 0 saturated heterocycles. The quantitative estimate of drug-likeness (QED) is 0.561. The third-order valence-electron chi connectivity index (χ3n) is 2.64. The molecule has 0 aromatic rings. The Morgan fingerprint density at radius 3 is 2.67 bits per heavy atom. The maximum Gasteiger partial charge on any atom is 0.246 e. The lowest BCUT2D eigenvalue weighted by molar-refractivity contribution is -0.128. The van der Waals surface area contributed by atoms with Crippen molar-refractivity contribution in [3.05, 3.63) is 0 Å². The van der Waals surface area contributed by atoms with Gasteiger partial charge in [-0.15, -0.1) is 0 Å². The molecule has 1 aliphatic rings. The zero-order chi connectivity index (χ0) is 11.1. The van der Waals surface area contributed by atoms with Crippen molar-refractivity contribution in [1.82, 2.24) is 5.32 Å². The van der Waals surface area contributed by atoms with Crippen molar-refractivity contribution >= 4 is 21.8 Å². The van der Waals surface area contributed by atoms with Gasteiger partial charge in [-0.05, 0) is 19.3 Å². The van der Waals surface area contributed by atoms with Crippen LogP contribution in [0.25, 0.3) is 0 Å². The molecule has 0 aromatic carbocycles. The summed E-state index contributed by atoms with van der Waals surface area (Å²) in [6.07, 6.45) is 3.31. The second kappa shape index (κ2) is 6.45. The van der Waals surface area contributed by atoms with Gasteiger partial charge in [0.25, 0.3) is 0 Å². The number of nitrogens with one attached hydrogen (secondary N) is 1. The van der Waals surface area contributed by atoms with Crippen molar-refractivity contribution in [3.8, 4) is 0 Å². The molecule has 1 aliphatic carbocycles. The van der Waals surface area contributed by atoms with E-state index in [1.54, 1.807) is 7.11 Å². The van der Waals surface area contributed by atoms with Crippen molar-refractivity contribution in [2.24, 2.45) is 0 Å². The summed E-state index contributed by atoms with van der Waals surface area (Å²) in [6.45, 7) is 1.11. The fourth-order valence-electron chi connectivity index (χ4n) is 1.53. The number of ether oxygens (including phenoxy) is 2. The lowest BCUT2D eigenvalue weighted by atomic mass is 9.78. The molecule has 0 heterocycles. The summed E-state index contributed by atoms with van der Waals surface area (Å²) in [7, 11) is 1.61. The van der Waals surface area contributed by atoms with Gasteiger partial charge >= 0.3 is 0 Å². The molecule has 0 spiro atoms. The van der Waals surface area contributed by atoms with Crippen LogP contribution in [0.4, 0.5) is 0 Å². The minimum Gasteiger partial charge on any atom is -0.382 e. The molecular formula is C10H18BrNO3. The van der Waals surface area contributed by atoms with Crippen molar-refractivity contribution < 1.29 is 14.3 Å². The SMILES string of the molecule is COCCOCC(=O)NC1(CBr)CCC1. The predicted octanol–water partition coefficient (Wildman–Crippen LogP) is 1.08. The maximum absolute atomic E-state index is 11.5. The van der Waals surface area contributed by atoms with Gasteiger partial charge in [-0.2, -0.15) is 0 Å². The number of methoxy groups -OCH3 is 1. The van der Waals surface area contributed by atoms with Gasteiger partial charge in [0.05, 0.1) is 13.2 Å². The number of carbonyl (C=O) groups is 1. The molecule has 1 fully saturated rings. The first kappa shape index (κ1) is 12.9. The molecule has 0 atom stereocenters. The standard InChI is InChI=1S/C10H18BrNO3/c1-14-5-6-15-7-9(13)12-10(8-11)3-2-4-10/h2-8H2,1H3,(H,12,13). The summed E-state index contributed by atoms with van der Waals surface area (Å²) in [5, 5.41) is 3.83. The lowest BCUT2D eigenvalue weighted by Crippen LogP contribution is -2.55. The van der Waals surface area contributed by atoms with Crippen LogP contribution in [0, 0.1) is 0 Å². The lowest BCUT2D eigenvalue weighted by Gasteiger charge is -2.41. The number of alkyl halides is 1. The Hall–Kier alpha value is -0.130. The van der Waals surface area contributed by atoms with Gasteiger partial charge in [0, 0.05) is 18.0 Å². The van der Waals surface area contributed by atoms with Gasteiger partial charge in [-0.1, -0.05) is 15.9 Å². The number of halogens is 1. The minimum absolute atomic E-state index is 0.0122. The van der Waals surface area contributed by atoms with Crippen LogP contribution >= 0.6 is 15.9 Å². The topological polar surface area (TPSA) is 47.6 Å². The monoisotopic (exact) mass is 279 g/mol. The fraction of sp³-hybridized carbons (Fsp3) is 0.900. The highest BCUT2D eigenvalue weighted by molar-refractivity contribution is 9.09. The van der Waals surface area contributed by atoms with Crippen molar-refractivity contribution in [2.45, 2.75) is 24.8 Å². The average molecular weight is 280 g/mol. The summed E-state index contributed by atoms with van der Waals surface area (Å²) in [6, 6.07) is 0. The Labute approximate surface area is 98.8 Å². The Balaban J connectivity index is 2.12. The molecule has 88 valence electrons. The molecule has 0 aliphatic heterocycles. The van der Waals surface area contributed by atoms with E-state index in [9.17, 15) is 4.79 Å². The number of hydrogen-bond acceptors (Lipinski definition) is 3. The van der Waals surface area contributed by atoms with Gasteiger partial charge in [-0.3, -0.25) is 4.79 Å². The van der Waals surface area contributed by atoms with Crippen LogP contribution in [0.5, 0.6) is 0 Å². The summed E-state index contributed by atoms with van der Waals surface area (Å²) in [5.74, 6) is -0.0368. The smallest absolute Gasteiger partial charge is 0.246 e. The van der Waals surface area contributed by atoms with Gasteiger partial charge in [0.1, 0.15) is 6.61 Å². The van der Waals surface area contributed by atoms with Gasteiger partial charge in [-0.25, -0.2) is 0 Å². The first-order chi connectivity index (χ1) is 7.22. The highest BCUT2D eigenvalue weighted by Crippen LogP contribution is 2.33. The van der Waals surface area contributed by atoms with E-state index in [1.807, 2.05) is 0 Å². The Morgan fingerprint density at radius 2 is 2.20 bits per heavy atom. The highest BCUT2D eigenvalue weighted by atomic mass is 79.9. The van der Waals surface area contributed by atoms with E-state index in [0.29, 0.717) is 13.2 Å². The molecule has 0 bridgehead atoms. The summed E-state index contributed by atoms with van der Waals surface area (Å²) < 4.78 is 9.96. The van der Waals surface area contributed by atoms with Crippen molar-refractivity contribution in [1.29, 1.82) is 0 Å². The number of rotatable bonds is 7. The average Bonchev–Trinajstić information content (AvgIpc) is 2.18. The normalized spacial score (nSPS) is 18.3. The zero-order valence-corrected chi connectivity index (χ0v) is 10.6. The molecule has 1 saturated carbocycles. The second-order valence-electron chi connectivity index (χ2n) is 3.86. The van der Waals surface area contributed by atoms with E-state index in [-0.39, 0.29) is 18.1 Å². The van der Waals surface area contributed by atoms with Crippen LogP contribution in [0.1, 0.15) is 19.3 Å². The van der Waals surface area contributed by atoms with Gasteiger partial charge in [0.15, 0.2) is 0 Å². The van der Waals surface area contributed by atoms with Crippen molar-refractivity contribution in [2.75, 3.05) is 32.3 Å². The largest absolute Gasteiger partial charge is 0.382 e. The molecule has 5 heteroatoms. The number of carbonyl (C=O) groups excluding carboxylic acids is 1. The molecule has 4 nitrogen and oxygen atoms in total. The molecule has 0 radical (unpaired) electrons. The third kappa shape index (κ3) is 4.09. The molecule has 0 unspecified atom stereocenters. The molecule has 1 N–H and O–H groups in total. The first-order valence-corrected chi connectivity index (χ1v) is 6.28. The summed E-state index contributed by atoms with van der Waals surface area (Å²) in [4.78, 5) is 11.5. The minimum atomic E-state index is -0.0368. The number of amides is 1. The second-order valence-corrected chi connectivity index (χ2v) is 4.42. The molecule has 1 amide bonds. The van der Waals surface area contributed by atoms with Crippen molar-refractivity contribution in [3.63, 3.8) is 0 Å². The maximum atomic E-state index is 11.5. The summed E-state index contributed by atoms with van der Waals surface area (Å²) >= 11 is 3.43. The molecule has 15 heavy (non-hydrogen) atoms. The Kier molecular flexibility index (Phi) is 5.56. The highest BCUT2D eigenvalue weighted by Gasteiger charge is 2.36. The van der Waals surface area contributed by atoms with E-state index >= 15 is 0 Å². The van der Waals surface area contributed by atoms with Crippen LogP contribution in [-0.4, -0.2) is 43.7 Å². The molecule has 1 rings (SSSR count). The van der Waals surface area contributed by atoms with E-state index in [2.05, 4.69) is 21.2 Å². The first-order valence-electron chi connectivity index (χ1n) is 5.16. The van der Waals surface area contributed by atoms with Gasteiger partial charge < -0.3 is 14.8 Å². The van der Waals surface area contributed by atoms with Gasteiger partial charge in [0.2, 0.25) is 5.91 Å². The summed E-state index contributed by atoms with van der Waals surface area (Å²) in [5.41, 5.74) is -0.0122. The van der Waals surface area contributed by atoms with Crippen LogP contribution in [0.2, 0.25) is 0 Å². The number of hydrogen-bond donors (Lipinski definition) is 1. The molecular weight excluding hydrogens is 262 g/mol. The Bertz CT molecular complexity index is 201. The van der Waals surface area contributed by atoms with E-state index < -0.39 is 0 Å². The van der Waals surface area contributed by atoms with Crippen LogP contribution < -0.4 is 5.32 Å². The predicted molar refractivity (Wildman–Crippen MR) is 61.2 cm³/mol.